The summed E-state index contributed by atoms with van der Waals surface area (Å²) in [5.74, 6) is -0.433. The summed E-state index contributed by atoms with van der Waals surface area (Å²) in [6, 6.07) is 17.5. The average Bonchev–Trinajstić information content (AvgIpc) is 2.74. The number of para-hydroxylation sites is 1. The minimum absolute atomic E-state index is 0.0774. The van der Waals surface area contributed by atoms with E-state index in [0.29, 0.717) is 11.4 Å². The number of nitrogens with zero attached hydrogens (tertiary/aromatic N) is 2. The third-order valence-electron chi connectivity index (χ3n) is 4.27. The summed E-state index contributed by atoms with van der Waals surface area (Å²) in [5, 5.41) is 17.5. The van der Waals surface area contributed by atoms with Crippen LogP contribution >= 0.6 is 0 Å². The highest BCUT2D eigenvalue weighted by atomic mass is 32.2. The fraction of sp³-hybridized carbons (Fsp3) is 0.0500. The number of anilines is 2. The Labute approximate surface area is 168 Å². The number of pyridine rings is 1. The lowest BCUT2D eigenvalue weighted by Gasteiger charge is -2.19. The molecule has 1 heterocycles. The molecule has 0 aliphatic rings. The van der Waals surface area contributed by atoms with Gasteiger partial charge in [-0.05, 0) is 48.5 Å². The van der Waals surface area contributed by atoms with E-state index in [1.165, 1.54) is 58.5 Å². The smallest absolute Gasteiger partial charge is 0.264 e. The molecule has 3 rings (SSSR count). The zero-order chi connectivity index (χ0) is 21.0. The van der Waals surface area contributed by atoms with Crippen molar-refractivity contribution in [1.29, 1.82) is 10.8 Å². The van der Waals surface area contributed by atoms with E-state index in [-0.39, 0.29) is 15.9 Å². The number of hydrogen-bond donors (Lipinski definition) is 3. The minimum Gasteiger partial charge on any atom is -0.322 e. The van der Waals surface area contributed by atoms with Crippen LogP contribution < -0.4 is 15.1 Å². The molecule has 3 aromatic rings. The number of sulfonamides is 1. The molecule has 148 valence electrons. The van der Waals surface area contributed by atoms with Gasteiger partial charge in [0.05, 0.1) is 22.5 Å². The van der Waals surface area contributed by atoms with Gasteiger partial charge in [0.2, 0.25) is 0 Å². The van der Waals surface area contributed by atoms with Gasteiger partial charge in [-0.3, -0.25) is 24.5 Å². The van der Waals surface area contributed by atoms with Crippen LogP contribution in [0.3, 0.4) is 0 Å². The minimum atomic E-state index is -3.73. The molecule has 1 aromatic heterocycles. The molecule has 0 bridgehead atoms. The molecule has 29 heavy (non-hydrogen) atoms. The molecule has 0 aliphatic heterocycles. The number of aromatic nitrogens is 1. The van der Waals surface area contributed by atoms with Crippen LogP contribution in [0.4, 0.5) is 11.4 Å². The molecule has 0 atom stereocenters. The van der Waals surface area contributed by atoms with Crippen molar-refractivity contribution < 1.29 is 13.2 Å². The maximum absolute atomic E-state index is 12.8. The Balaban J connectivity index is 1.79. The van der Waals surface area contributed by atoms with E-state index in [2.05, 4.69) is 5.32 Å². The van der Waals surface area contributed by atoms with Crippen molar-refractivity contribution in [2.24, 2.45) is 0 Å². The molecule has 1 amide bonds. The molecule has 8 nitrogen and oxygen atoms in total. The first-order valence-corrected chi connectivity index (χ1v) is 10.00. The highest BCUT2D eigenvalue weighted by Crippen LogP contribution is 2.23. The van der Waals surface area contributed by atoms with Crippen molar-refractivity contribution in [2.45, 2.75) is 4.90 Å². The van der Waals surface area contributed by atoms with Crippen molar-refractivity contribution in [3.05, 3.63) is 84.0 Å². The zero-order valence-corrected chi connectivity index (χ0v) is 16.3. The second-order valence-electron chi connectivity index (χ2n) is 6.13. The lowest BCUT2D eigenvalue weighted by Crippen LogP contribution is -2.26. The van der Waals surface area contributed by atoms with Crippen molar-refractivity contribution in [3.8, 4) is 0 Å². The van der Waals surface area contributed by atoms with Gasteiger partial charge in [0.1, 0.15) is 5.49 Å². The number of hydrogen-bond acceptors (Lipinski definition) is 5. The summed E-state index contributed by atoms with van der Waals surface area (Å²) < 4.78 is 28.0. The molecular formula is C20H19N5O3S. The largest absolute Gasteiger partial charge is 0.322 e. The number of rotatable bonds is 6. The van der Waals surface area contributed by atoms with E-state index >= 15 is 0 Å². The van der Waals surface area contributed by atoms with Gasteiger partial charge in [-0.25, -0.2) is 8.42 Å². The quantitative estimate of drug-likeness (QED) is 0.429. The average molecular weight is 409 g/mol. The van der Waals surface area contributed by atoms with E-state index in [4.69, 9.17) is 10.8 Å². The predicted octanol–water partition coefficient (Wildman–Crippen LogP) is 2.50. The van der Waals surface area contributed by atoms with Gasteiger partial charge in [-0.2, -0.15) is 0 Å². The molecule has 0 unspecified atom stereocenters. The van der Waals surface area contributed by atoms with Crippen LogP contribution in [0.1, 0.15) is 10.4 Å². The van der Waals surface area contributed by atoms with E-state index < -0.39 is 15.9 Å². The molecule has 9 heteroatoms. The lowest BCUT2D eigenvalue weighted by molar-refractivity contribution is 0.102. The molecule has 0 spiro atoms. The van der Waals surface area contributed by atoms with E-state index in [0.717, 1.165) is 6.34 Å². The van der Waals surface area contributed by atoms with Crippen LogP contribution in [0.15, 0.2) is 77.8 Å². The highest BCUT2D eigenvalue weighted by molar-refractivity contribution is 7.92. The SMILES string of the molecule is CN(c1ccccc1)S(=O)(=O)c1ccc(NC(=O)c2ccc(=N)n(C=N)c2)cc1. The standard InChI is InChI=1S/C20H19N5O3S/c1-24(17-5-3-2-4-6-17)29(27,28)18-10-8-16(9-11-18)23-20(26)15-7-12-19(22)25(13-15)14-21/h2-14,21-22H,1H3,(H,23,26). The molecular weight excluding hydrogens is 390 g/mol. The predicted molar refractivity (Wildman–Crippen MR) is 111 cm³/mol. The second-order valence-corrected chi connectivity index (χ2v) is 8.10. The number of benzene rings is 2. The van der Waals surface area contributed by atoms with E-state index in [1.807, 2.05) is 6.07 Å². The van der Waals surface area contributed by atoms with Crippen molar-refractivity contribution >= 4 is 33.6 Å². The van der Waals surface area contributed by atoms with Gasteiger partial charge in [-0.15, -0.1) is 0 Å². The Bertz CT molecular complexity index is 1200. The number of carbonyl (C=O) groups is 1. The summed E-state index contributed by atoms with van der Waals surface area (Å²) in [5.41, 5.74) is 1.31. The van der Waals surface area contributed by atoms with Gasteiger partial charge in [0, 0.05) is 18.9 Å². The first-order chi connectivity index (χ1) is 13.8. The van der Waals surface area contributed by atoms with Crippen molar-refractivity contribution in [2.75, 3.05) is 16.7 Å². The van der Waals surface area contributed by atoms with Crippen LogP contribution in [0, 0.1) is 10.8 Å². The summed E-state index contributed by atoms with van der Waals surface area (Å²) >= 11 is 0. The molecule has 2 aromatic carbocycles. The van der Waals surface area contributed by atoms with Gasteiger partial charge in [0.15, 0.2) is 0 Å². The number of nitrogens with one attached hydrogen (secondary N) is 3. The summed E-state index contributed by atoms with van der Waals surface area (Å²) in [7, 11) is -2.25. The monoisotopic (exact) mass is 409 g/mol. The molecule has 0 aliphatic carbocycles. The maximum atomic E-state index is 12.8. The third kappa shape index (κ3) is 4.25. The topological polar surface area (TPSA) is 119 Å². The number of carbonyl (C=O) groups excluding carboxylic acids is 1. The fourth-order valence-corrected chi connectivity index (χ4v) is 3.80. The first-order valence-electron chi connectivity index (χ1n) is 8.56. The summed E-state index contributed by atoms with van der Waals surface area (Å²) in [4.78, 5) is 12.5. The van der Waals surface area contributed by atoms with Crippen molar-refractivity contribution in [1.82, 2.24) is 4.57 Å². The van der Waals surface area contributed by atoms with Crippen LogP contribution in [0.2, 0.25) is 0 Å². The normalized spacial score (nSPS) is 10.9. The Hall–Kier alpha value is -3.72. The van der Waals surface area contributed by atoms with Crippen molar-refractivity contribution in [3.63, 3.8) is 0 Å². The molecule has 3 N–H and O–H groups in total. The van der Waals surface area contributed by atoms with Gasteiger partial charge < -0.3 is 5.32 Å². The van der Waals surface area contributed by atoms with Crippen LogP contribution in [-0.2, 0) is 10.0 Å². The van der Waals surface area contributed by atoms with Gasteiger partial charge in [-0.1, -0.05) is 18.2 Å². The van der Waals surface area contributed by atoms with Crippen LogP contribution in [0.5, 0.6) is 0 Å². The molecule has 0 saturated carbocycles. The van der Waals surface area contributed by atoms with Crippen LogP contribution in [-0.4, -0.2) is 32.3 Å². The van der Waals surface area contributed by atoms with Gasteiger partial charge >= 0.3 is 0 Å². The Kier molecular flexibility index (Phi) is 5.60. The highest BCUT2D eigenvalue weighted by Gasteiger charge is 2.21. The molecule has 0 fully saturated rings. The summed E-state index contributed by atoms with van der Waals surface area (Å²) in [6.07, 6.45) is 2.31. The van der Waals surface area contributed by atoms with Gasteiger partial charge in [0.25, 0.3) is 15.9 Å². The zero-order valence-electron chi connectivity index (χ0n) is 15.5. The summed E-state index contributed by atoms with van der Waals surface area (Å²) in [6.45, 7) is 0. The van der Waals surface area contributed by atoms with Crippen LogP contribution in [0.25, 0.3) is 0 Å². The second kappa shape index (κ2) is 8.11. The number of amides is 1. The fourth-order valence-electron chi connectivity index (χ4n) is 2.61. The Morgan fingerprint density at radius 2 is 1.69 bits per heavy atom. The third-order valence-corrected chi connectivity index (χ3v) is 6.07. The van der Waals surface area contributed by atoms with E-state index in [9.17, 15) is 13.2 Å². The lowest BCUT2D eigenvalue weighted by atomic mass is 10.2. The Morgan fingerprint density at radius 1 is 1.03 bits per heavy atom. The maximum Gasteiger partial charge on any atom is 0.264 e. The first kappa shape index (κ1) is 20.0. The van der Waals surface area contributed by atoms with E-state index in [1.54, 1.807) is 24.3 Å². The molecule has 0 radical (unpaired) electrons. The molecule has 0 saturated heterocycles. The Morgan fingerprint density at radius 3 is 2.31 bits per heavy atom.